The van der Waals surface area contributed by atoms with E-state index in [0.29, 0.717) is 11.1 Å². The van der Waals surface area contributed by atoms with Gasteiger partial charge in [-0.25, -0.2) is 0 Å². The van der Waals surface area contributed by atoms with E-state index in [4.69, 9.17) is 5.11 Å². The summed E-state index contributed by atoms with van der Waals surface area (Å²) in [4.78, 5) is 0. The molecule has 1 atom stereocenters. The van der Waals surface area contributed by atoms with Gasteiger partial charge in [-0.05, 0) is 6.92 Å². The van der Waals surface area contributed by atoms with Gasteiger partial charge in [0.05, 0.1) is 33.8 Å². The van der Waals surface area contributed by atoms with Gasteiger partial charge in [0.1, 0.15) is 0 Å². The van der Waals surface area contributed by atoms with Crippen LogP contribution in [-0.2, 0) is 0 Å². The number of rotatable bonds is 3. The average Bonchev–Trinajstić information content (AvgIpc) is 1.59. The SMILES string of the molecule is CC(O)CN[N+](C)(C)C.O. The lowest BCUT2D eigenvalue weighted by Crippen LogP contribution is -2.50. The first-order valence-corrected chi connectivity index (χ1v) is 3.16. The summed E-state index contributed by atoms with van der Waals surface area (Å²) in [6, 6.07) is 0. The zero-order chi connectivity index (χ0) is 7.49. The van der Waals surface area contributed by atoms with Crippen LogP contribution in [-0.4, -0.2) is 49.0 Å². The standard InChI is InChI=1S/C6H17N2O.H2O/c1-6(9)5-7-8(2,3)4;/h6-7,9H,5H2,1-4H3;1H2/q+1;. The first-order chi connectivity index (χ1) is 3.92. The van der Waals surface area contributed by atoms with Crippen LogP contribution in [0.1, 0.15) is 6.92 Å². The maximum absolute atomic E-state index is 8.84. The monoisotopic (exact) mass is 151 g/mol. The molecule has 0 spiro atoms. The number of hydrogen-bond acceptors (Lipinski definition) is 2. The molecule has 4 nitrogen and oxygen atoms in total. The van der Waals surface area contributed by atoms with Gasteiger partial charge in [0.25, 0.3) is 0 Å². The lowest BCUT2D eigenvalue weighted by atomic mass is 10.4. The molecule has 0 heterocycles. The molecule has 0 saturated heterocycles. The van der Waals surface area contributed by atoms with E-state index in [1.165, 1.54) is 0 Å². The number of quaternary nitrogens is 1. The predicted octanol–water partition coefficient (Wildman–Crippen LogP) is -1.25. The van der Waals surface area contributed by atoms with Gasteiger partial charge in [-0.15, -0.1) is 0 Å². The molecule has 0 aliphatic heterocycles. The molecule has 4 heteroatoms. The second kappa shape index (κ2) is 4.62. The highest BCUT2D eigenvalue weighted by Crippen LogP contribution is 1.82. The molecule has 1 unspecified atom stereocenters. The minimum absolute atomic E-state index is 0. The van der Waals surface area contributed by atoms with Crippen molar-refractivity contribution >= 4 is 0 Å². The minimum atomic E-state index is -0.262. The Hall–Kier alpha value is -0.160. The third-order valence-corrected chi connectivity index (χ3v) is 0.861. The van der Waals surface area contributed by atoms with Gasteiger partial charge in [-0.2, -0.15) is 5.43 Å². The third-order valence-electron chi connectivity index (χ3n) is 0.861. The summed E-state index contributed by atoms with van der Waals surface area (Å²) in [5.74, 6) is 0. The Bertz CT molecular complexity index is 78.3. The number of nitrogens with zero attached hydrogens (tertiary/aromatic N) is 1. The van der Waals surface area contributed by atoms with Crippen molar-refractivity contribution in [3.63, 3.8) is 0 Å². The first kappa shape index (κ1) is 12.5. The van der Waals surface area contributed by atoms with E-state index in [1.807, 2.05) is 21.1 Å². The molecule has 0 fully saturated rings. The number of nitrogens with one attached hydrogen (secondary N) is 1. The van der Waals surface area contributed by atoms with Gasteiger partial charge in [0, 0.05) is 0 Å². The van der Waals surface area contributed by atoms with Crippen molar-refractivity contribution in [2.75, 3.05) is 27.7 Å². The Kier molecular flexibility index (Phi) is 5.78. The fraction of sp³-hybridized carbons (Fsp3) is 1.00. The number of hydrogen-bond donors (Lipinski definition) is 2. The van der Waals surface area contributed by atoms with Gasteiger partial charge in [0.15, 0.2) is 0 Å². The van der Waals surface area contributed by atoms with E-state index in [2.05, 4.69) is 5.43 Å². The normalized spacial score (nSPS) is 14.1. The zero-order valence-corrected chi connectivity index (χ0v) is 7.18. The second-order valence-electron chi connectivity index (χ2n) is 3.22. The molecule has 10 heavy (non-hydrogen) atoms. The van der Waals surface area contributed by atoms with Crippen molar-refractivity contribution in [2.45, 2.75) is 13.0 Å². The van der Waals surface area contributed by atoms with Crippen LogP contribution >= 0.6 is 0 Å². The van der Waals surface area contributed by atoms with Gasteiger partial charge in [-0.1, -0.05) is 0 Å². The van der Waals surface area contributed by atoms with Gasteiger partial charge in [-0.3, -0.25) is 4.59 Å². The highest BCUT2D eigenvalue weighted by molar-refractivity contribution is 4.42. The van der Waals surface area contributed by atoms with E-state index < -0.39 is 0 Å². The van der Waals surface area contributed by atoms with Gasteiger partial charge >= 0.3 is 0 Å². The molecular formula is C6H19N2O2+. The Morgan fingerprint density at radius 1 is 1.40 bits per heavy atom. The molecule has 0 aliphatic carbocycles. The number of aliphatic hydroxyl groups excluding tert-OH is 1. The lowest BCUT2D eigenvalue weighted by molar-refractivity contribution is -0.915. The lowest BCUT2D eigenvalue weighted by Gasteiger charge is -2.24. The topological polar surface area (TPSA) is 63.8 Å². The summed E-state index contributed by atoms with van der Waals surface area (Å²) in [5.41, 5.74) is 3.11. The summed E-state index contributed by atoms with van der Waals surface area (Å²) in [5, 5.41) is 8.84. The van der Waals surface area contributed by atoms with Crippen molar-refractivity contribution in [3.8, 4) is 0 Å². The number of aliphatic hydroxyl groups is 1. The average molecular weight is 151 g/mol. The largest absolute Gasteiger partial charge is 0.412 e. The molecular weight excluding hydrogens is 132 g/mol. The van der Waals surface area contributed by atoms with Crippen molar-refractivity contribution in [3.05, 3.63) is 0 Å². The summed E-state index contributed by atoms with van der Waals surface area (Å²) < 4.78 is 0.685. The van der Waals surface area contributed by atoms with E-state index in [9.17, 15) is 0 Å². The van der Waals surface area contributed by atoms with E-state index in [-0.39, 0.29) is 11.6 Å². The molecule has 4 N–H and O–H groups in total. The molecule has 0 aliphatic rings. The Balaban J connectivity index is 0. The molecule has 0 aromatic carbocycles. The van der Waals surface area contributed by atoms with Crippen molar-refractivity contribution < 1.29 is 15.2 Å². The highest BCUT2D eigenvalue weighted by Gasteiger charge is 2.06. The maximum atomic E-state index is 8.84. The zero-order valence-electron chi connectivity index (χ0n) is 7.18. The van der Waals surface area contributed by atoms with Crippen LogP contribution in [0, 0.1) is 0 Å². The van der Waals surface area contributed by atoms with E-state index in [1.54, 1.807) is 6.92 Å². The predicted molar refractivity (Wildman–Crippen MR) is 41.3 cm³/mol. The van der Waals surface area contributed by atoms with Crippen LogP contribution in [0.25, 0.3) is 0 Å². The summed E-state index contributed by atoms with van der Waals surface area (Å²) in [6.45, 7) is 2.41. The Morgan fingerprint density at radius 3 is 1.90 bits per heavy atom. The summed E-state index contributed by atoms with van der Waals surface area (Å²) >= 11 is 0. The summed E-state index contributed by atoms with van der Waals surface area (Å²) in [6.07, 6.45) is -0.262. The molecule has 0 aromatic heterocycles. The second-order valence-corrected chi connectivity index (χ2v) is 3.22. The van der Waals surface area contributed by atoms with Crippen molar-refractivity contribution in [1.82, 2.24) is 5.43 Å². The molecule has 0 rings (SSSR count). The fourth-order valence-electron chi connectivity index (χ4n) is 0.406. The molecule has 64 valence electrons. The highest BCUT2D eigenvalue weighted by atomic mass is 16.3. The van der Waals surface area contributed by atoms with E-state index in [0.717, 1.165) is 0 Å². The van der Waals surface area contributed by atoms with Crippen molar-refractivity contribution in [1.29, 1.82) is 0 Å². The molecule has 0 bridgehead atoms. The minimum Gasteiger partial charge on any atom is -0.412 e. The first-order valence-electron chi connectivity index (χ1n) is 3.16. The van der Waals surface area contributed by atoms with Crippen molar-refractivity contribution in [2.24, 2.45) is 0 Å². The molecule has 0 aromatic rings. The Morgan fingerprint density at radius 2 is 1.80 bits per heavy atom. The summed E-state index contributed by atoms with van der Waals surface area (Å²) in [7, 11) is 6.05. The maximum Gasteiger partial charge on any atom is 0.0853 e. The molecule has 0 amide bonds. The fourth-order valence-corrected chi connectivity index (χ4v) is 0.406. The van der Waals surface area contributed by atoms with Crippen LogP contribution in [0.4, 0.5) is 0 Å². The smallest absolute Gasteiger partial charge is 0.0853 e. The van der Waals surface area contributed by atoms with Gasteiger partial charge < -0.3 is 10.6 Å². The molecule has 0 radical (unpaired) electrons. The Labute approximate surface area is 62.3 Å². The van der Waals surface area contributed by atoms with Crippen LogP contribution in [0.3, 0.4) is 0 Å². The van der Waals surface area contributed by atoms with Gasteiger partial charge in [0.2, 0.25) is 0 Å². The third kappa shape index (κ3) is 10.8. The van der Waals surface area contributed by atoms with Crippen LogP contribution in [0.2, 0.25) is 0 Å². The van der Waals surface area contributed by atoms with Crippen LogP contribution in [0.5, 0.6) is 0 Å². The van der Waals surface area contributed by atoms with E-state index >= 15 is 0 Å². The van der Waals surface area contributed by atoms with Crippen LogP contribution < -0.4 is 5.43 Å². The quantitative estimate of drug-likeness (QED) is 0.391. The van der Waals surface area contributed by atoms with Crippen LogP contribution in [0.15, 0.2) is 0 Å². The molecule has 0 saturated carbocycles.